The third-order valence-electron chi connectivity index (χ3n) is 4.05. The van der Waals surface area contributed by atoms with Gasteiger partial charge in [0, 0.05) is 0 Å². The monoisotopic (exact) mass is 263 g/mol. The average molecular weight is 263 g/mol. The molecule has 0 spiro atoms. The molecule has 1 fully saturated rings. The first kappa shape index (κ1) is 13.1. The highest BCUT2D eigenvalue weighted by Crippen LogP contribution is 2.47. The van der Waals surface area contributed by atoms with Gasteiger partial charge in [-0.1, -0.05) is 19.1 Å². The molecular weight excluding hydrogens is 246 g/mol. The summed E-state index contributed by atoms with van der Waals surface area (Å²) in [7, 11) is -3.58. The number of hydrogen-bond donors (Lipinski definition) is 0. The van der Waals surface area contributed by atoms with Gasteiger partial charge in [0.25, 0.3) is 0 Å². The number of nitriles is 1. The molecule has 0 N–H and O–H groups in total. The van der Waals surface area contributed by atoms with Crippen LogP contribution in [0.5, 0.6) is 0 Å². The van der Waals surface area contributed by atoms with Crippen molar-refractivity contribution in [2.45, 2.75) is 43.3 Å². The molecule has 0 heterocycles. The summed E-state index contributed by atoms with van der Waals surface area (Å²) in [4.78, 5) is 0.315. The van der Waals surface area contributed by atoms with E-state index in [9.17, 15) is 13.7 Å². The lowest BCUT2D eigenvalue weighted by Gasteiger charge is -2.41. The lowest BCUT2D eigenvalue weighted by molar-refractivity contribution is 0.279. The fourth-order valence-corrected chi connectivity index (χ4v) is 4.89. The van der Waals surface area contributed by atoms with Crippen molar-refractivity contribution in [1.29, 1.82) is 5.26 Å². The molecule has 4 heteroatoms. The summed E-state index contributed by atoms with van der Waals surface area (Å²) >= 11 is 0. The van der Waals surface area contributed by atoms with E-state index in [2.05, 4.69) is 6.07 Å². The molecular formula is C14H17NO2S. The maximum Gasteiger partial charge on any atom is 0.197 e. The minimum Gasteiger partial charge on any atom is -0.222 e. The number of benzene rings is 1. The second-order valence-electron chi connectivity index (χ2n) is 5.21. The second kappa shape index (κ2) is 4.10. The Morgan fingerprint density at radius 1 is 1.39 bits per heavy atom. The summed E-state index contributed by atoms with van der Waals surface area (Å²) in [5.41, 5.74) is 1.62. The highest BCUT2D eigenvalue weighted by Gasteiger charge is 2.56. The maximum atomic E-state index is 12.7. The minimum absolute atomic E-state index is 0.0904. The van der Waals surface area contributed by atoms with E-state index in [4.69, 9.17) is 0 Å². The van der Waals surface area contributed by atoms with Gasteiger partial charge < -0.3 is 0 Å². The third-order valence-corrected chi connectivity index (χ3v) is 6.72. The normalized spacial score (nSPS) is 27.3. The van der Waals surface area contributed by atoms with Crippen LogP contribution in [0.15, 0.2) is 23.1 Å². The molecule has 0 radical (unpaired) electrons. The fraction of sp³-hybridized carbons (Fsp3) is 0.500. The van der Waals surface area contributed by atoms with Crippen LogP contribution in [-0.4, -0.2) is 13.2 Å². The van der Waals surface area contributed by atoms with E-state index in [1.54, 1.807) is 19.1 Å². The van der Waals surface area contributed by atoms with Gasteiger partial charge in [-0.15, -0.1) is 0 Å². The zero-order valence-corrected chi connectivity index (χ0v) is 11.7. The van der Waals surface area contributed by atoms with Gasteiger partial charge in [0.15, 0.2) is 14.6 Å². The van der Waals surface area contributed by atoms with Crippen LogP contribution in [0, 0.1) is 31.1 Å². The molecule has 1 saturated carbocycles. The molecule has 1 aromatic carbocycles. The number of nitrogens with zero attached hydrogens (tertiary/aromatic N) is 1. The molecule has 0 saturated heterocycles. The number of hydrogen-bond acceptors (Lipinski definition) is 3. The van der Waals surface area contributed by atoms with E-state index >= 15 is 0 Å². The van der Waals surface area contributed by atoms with Crippen molar-refractivity contribution in [1.82, 2.24) is 0 Å². The lowest BCUT2D eigenvalue weighted by atomic mass is 9.75. The molecule has 18 heavy (non-hydrogen) atoms. The Labute approximate surface area is 108 Å². The van der Waals surface area contributed by atoms with E-state index in [-0.39, 0.29) is 5.92 Å². The van der Waals surface area contributed by atoms with Crippen molar-refractivity contribution in [3.8, 4) is 6.07 Å². The van der Waals surface area contributed by atoms with Crippen molar-refractivity contribution in [2.75, 3.05) is 0 Å². The summed E-state index contributed by atoms with van der Waals surface area (Å²) in [6.45, 7) is 5.48. The van der Waals surface area contributed by atoms with Crippen LogP contribution in [0.2, 0.25) is 0 Å². The van der Waals surface area contributed by atoms with Crippen LogP contribution in [0.25, 0.3) is 0 Å². The summed E-state index contributed by atoms with van der Waals surface area (Å²) in [5, 5.41) is 9.33. The van der Waals surface area contributed by atoms with E-state index in [1.165, 1.54) is 0 Å². The van der Waals surface area contributed by atoms with Crippen molar-refractivity contribution in [2.24, 2.45) is 5.92 Å². The predicted octanol–water partition coefficient (Wildman–Crippen LogP) is 2.77. The van der Waals surface area contributed by atoms with Gasteiger partial charge in [-0.05, 0) is 49.8 Å². The molecule has 0 bridgehead atoms. The Hall–Kier alpha value is -1.34. The summed E-state index contributed by atoms with van der Waals surface area (Å²) < 4.78 is 24.2. The Kier molecular flexibility index (Phi) is 2.98. The van der Waals surface area contributed by atoms with Gasteiger partial charge in [0.2, 0.25) is 0 Å². The van der Waals surface area contributed by atoms with Crippen LogP contribution in [-0.2, 0) is 9.84 Å². The SMILES string of the molecule is Cc1ccc(C)c(S(=O)(=O)C2(C#N)CCC2C)c1. The predicted molar refractivity (Wildman–Crippen MR) is 69.8 cm³/mol. The average Bonchev–Trinajstić information content (AvgIpc) is 2.31. The summed E-state index contributed by atoms with van der Waals surface area (Å²) in [6.07, 6.45) is 1.25. The smallest absolute Gasteiger partial charge is 0.197 e. The highest BCUT2D eigenvalue weighted by atomic mass is 32.2. The van der Waals surface area contributed by atoms with Crippen LogP contribution in [0.3, 0.4) is 0 Å². The standard InChI is InChI=1S/C14H17NO2S/c1-10-4-5-11(2)13(8-10)18(16,17)14(9-15)7-6-12(14)3/h4-5,8,12H,6-7H2,1-3H3. The molecule has 0 amide bonds. The Bertz CT molecular complexity index is 628. The molecule has 1 aliphatic rings. The summed E-state index contributed by atoms with van der Waals surface area (Å²) in [6, 6.07) is 7.43. The highest BCUT2D eigenvalue weighted by molar-refractivity contribution is 7.93. The molecule has 2 atom stereocenters. The molecule has 3 nitrogen and oxygen atoms in total. The maximum absolute atomic E-state index is 12.7. The van der Waals surface area contributed by atoms with E-state index < -0.39 is 14.6 Å². The number of aryl methyl sites for hydroxylation is 2. The van der Waals surface area contributed by atoms with Crippen LogP contribution >= 0.6 is 0 Å². The van der Waals surface area contributed by atoms with E-state index in [1.807, 2.05) is 19.9 Å². The Morgan fingerprint density at radius 3 is 2.50 bits per heavy atom. The topological polar surface area (TPSA) is 57.9 Å². The molecule has 1 aliphatic carbocycles. The molecule has 96 valence electrons. The zero-order valence-electron chi connectivity index (χ0n) is 10.9. The third kappa shape index (κ3) is 1.58. The zero-order chi connectivity index (χ0) is 13.6. The van der Waals surface area contributed by atoms with Gasteiger partial charge in [-0.2, -0.15) is 5.26 Å². The first-order chi connectivity index (χ1) is 8.35. The number of rotatable bonds is 2. The van der Waals surface area contributed by atoms with Crippen LogP contribution in [0.1, 0.15) is 30.9 Å². The van der Waals surface area contributed by atoms with Gasteiger partial charge in [-0.3, -0.25) is 0 Å². The summed E-state index contributed by atoms with van der Waals surface area (Å²) in [5.74, 6) is -0.0904. The van der Waals surface area contributed by atoms with E-state index in [0.29, 0.717) is 16.9 Å². The van der Waals surface area contributed by atoms with Gasteiger partial charge in [0.1, 0.15) is 0 Å². The van der Waals surface area contributed by atoms with Crippen LogP contribution in [0.4, 0.5) is 0 Å². The Morgan fingerprint density at radius 2 is 2.06 bits per heavy atom. The first-order valence-corrected chi connectivity index (χ1v) is 7.56. The largest absolute Gasteiger partial charge is 0.222 e. The molecule has 2 unspecified atom stereocenters. The quantitative estimate of drug-likeness (QED) is 0.824. The Balaban J connectivity index is 2.63. The first-order valence-electron chi connectivity index (χ1n) is 6.08. The van der Waals surface area contributed by atoms with Gasteiger partial charge in [0.05, 0.1) is 11.0 Å². The van der Waals surface area contributed by atoms with Crippen molar-refractivity contribution < 1.29 is 8.42 Å². The van der Waals surface area contributed by atoms with E-state index in [0.717, 1.165) is 12.0 Å². The van der Waals surface area contributed by atoms with Crippen molar-refractivity contribution >= 4 is 9.84 Å². The fourth-order valence-electron chi connectivity index (χ4n) is 2.51. The van der Waals surface area contributed by atoms with Crippen molar-refractivity contribution in [3.05, 3.63) is 29.3 Å². The van der Waals surface area contributed by atoms with Crippen molar-refractivity contribution in [3.63, 3.8) is 0 Å². The number of sulfone groups is 1. The molecule has 1 aromatic rings. The lowest BCUT2D eigenvalue weighted by Crippen LogP contribution is -2.51. The van der Waals surface area contributed by atoms with Crippen LogP contribution < -0.4 is 0 Å². The minimum atomic E-state index is -3.58. The molecule has 0 aromatic heterocycles. The molecule has 0 aliphatic heterocycles. The van der Waals surface area contributed by atoms with Gasteiger partial charge >= 0.3 is 0 Å². The molecule has 2 rings (SSSR count). The van der Waals surface area contributed by atoms with Gasteiger partial charge in [-0.25, -0.2) is 8.42 Å². The second-order valence-corrected chi connectivity index (χ2v) is 7.39.